The van der Waals surface area contributed by atoms with Gasteiger partial charge >= 0.3 is 0 Å². The van der Waals surface area contributed by atoms with Crippen LogP contribution in [0.4, 0.5) is 0 Å². The van der Waals surface area contributed by atoms with Crippen LogP contribution in [0.5, 0.6) is 0 Å². The summed E-state index contributed by atoms with van der Waals surface area (Å²) in [4.78, 5) is 26.7. The lowest BCUT2D eigenvalue weighted by atomic mass is 9.91. The van der Waals surface area contributed by atoms with E-state index in [0.29, 0.717) is 12.8 Å². The first-order valence-electron chi connectivity index (χ1n) is 7.95. The minimum atomic E-state index is -0.790. The Bertz CT molecular complexity index is 380. The summed E-state index contributed by atoms with van der Waals surface area (Å²) >= 11 is 0. The number of carbonyl (C=O) groups is 2. The van der Waals surface area contributed by atoms with Gasteiger partial charge in [-0.15, -0.1) is 12.4 Å². The van der Waals surface area contributed by atoms with E-state index in [9.17, 15) is 9.59 Å². The number of hydrogen-bond donors (Lipinski definition) is 2. The Kier molecular flexibility index (Phi) is 7.59. The summed E-state index contributed by atoms with van der Waals surface area (Å²) in [7, 11) is 1.57. The molecule has 0 bridgehead atoms. The fraction of sp³-hybridized carbons (Fsp3) is 0.867. The molecule has 2 rings (SSSR count). The third-order valence-electron chi connectivity index (χ3n) is 4.60. The van der Waals surface area contributed by atoms with Gasteiger partial charge in [-0.3, -0.25) is 9.59 Å². The van der Waals surface area contributed by atoms with E-state index in [-0.39, 0.29) is 24.2 Å². The zero-order valence-electron chi connectivity index (χ0n) is 13.5. The van der Waals surface area contributed by atoms with Gasteiger partial charge in [-0.1, -0.05) is 0 Å². The highest BCUT2D eigenvalue weighted by molar-refractivity contribution is 5.91. The number of ether oxygens (including phenoxy) is 1. The Morgan fingerprint density at radius 2 is 1.77 bits per heavy atom. The van der Waals surface area contributed by atoms with Gasteiger partial charge in [-0.2, -0.15) is 0 Å². The summed E-state index contributed by atoms with van der Waals surface area (Å²) in [5, 5.41) is 6.08. The molecule has 1 unspecified atom stereocenters. The zero-order valence-corrected chi connectivity index (χ0v) is 14.3. The van der Waals surface area contributed by atoms with Crippen LogP contribution in [0.3, 0.4) is 0 Å². The average Bonchev–Trinajstić information content (AvgIpc) is 2.55. The highest BCUT2D eigenvalue weighted by Crippen LogP contribution is 2.23. The van der Waals surface area contributed by atoms with Crippen molar-refractivity contribution in [2.75, 3.05) is 33.3 Å². The Hall–Kier alpha value is -0.850. The standard InChI is InChI=1S/C15H27N3O3.ClH/c1-12(13(19)18-10-4-3-5-11-18)17-14(20)15(21-2)6-8-16-9-7-15;/h12,16H,3-11H2,1-2H3,(H,17,20);1H. The van der Waals surface area contributed by atoms with Gasteiger partial charge in [0.15, 0.2) is 0 Å². The minimum absolute atomic E-state index is 0. The molecule has 1 atom stereocenters. The molecular weight excluding hydrogens is 306 g/mol. The average molecular weight is 334 g/mol. The van der Waals surface area contributed by atoms with E-state index in [1.165, 1.54) is 6.42 Å². The first-order chi connectivity index (χ1) is 10.1. The monoisotopic (exact) mass is 333 g/mol. The second-order valence-corrected chi connectivity index (χ2v) is 6.03. The van der Waals surface area contributed by atoms with Crippen molar-refractivity contribution in [2.45, 2.75) is 50.7 Å². The fourth-order valence-electron chi connectivity index (χ4n) is 3.13. The third kappa shape index (κ3) is 4.33. The summed E-state index contributed by atoms with van der Waals surface area (Å²) in [6.45, 7) is 4.89. The smallest absolute Gasteiger partial charge is 0.252 e. The number of hydrogen-bond acceptors (Lipinski definition) is 4. The molecule has 22 heavy (non-hydrogen) atoms. The third-order valence-corrected chi connectivity index (χ3v) is 4.60. The molecule has 0 aromatic carbocycles. The molecule has 2 amide bonds. The van der Waals surface area contributed by atoms with Crippen molar-refractivity contribution < 1.29 is 14.3 Å². The molecule has 2 fully saturated rings. The second kappa shape index (κ2) is 8.70. The molecule has 0 aliphatic carbocycles. The van der Waals surface area contributed by atoms with Gasteiger partial charge in [-0.25, -0.2) is 0 Å². The van der Waals surface area contributed by atoms with E-state index in [1.807, 2.05) is 4.90 Å². The number of amides is 2. The van der Waals surface area contributed by atoms with E-state index >= 15 is 0 Å². The quantitative estimate of drug-likeness (QED) is 0.794. The minimum Gasteiger partial charge on any atom is -0.368 e. The Balaban J connectivity index is 0.00000242. The summed E-state index contributed by atoms with van der Waals surface area (Å²) in [6, 6.07) is -0.488. The van der Waals surface area contributed by atoms with Crippen molar-refractivity contribution in [3.63, 3.8) is 0 Å². The largest absolute Gasteiger partial charge is 0.368 e. The Morgan fingerprint density at radius 3 is 2.32 bits per heavy atom. The van der Waals surface area contributed by atoms with Crippen molar-refractivity contribution in [2.24, 2.45) is 0 Å². The number of likely N-dealkylation sites (tertiary alicyclic amines) is 1. The lowest BCUT2D eigenvalue weighted by Gasteiger charge is -2.36. The maximum absolute atomic E-state index is 12.5. The molecule has 6 nitrogen and oxygen atoms in total. The summed E-state index contributed by atoms with van der Waals surface area (Å²) in [6.07, 6.45) is 4.57. The SMILES string of the molecule is COC1(C(=O)NC(C)C(=O)N2CCCCC2)CCNCC1.Cl. The molecule has 128 valence electrons. The summed E-state index contributed by atoms with van der Waals surface area (Å²) in [5.41, 5.74) is -0.790. The predicted molar refractivity (Wildman–Crippen MR) is 87.1 cm³/mol. The number of nitrogens with zero attached hydrogens (tertiary/aromatic N) is 1. The lowest BCUT2D eigenvalue weighted by Crippen LogP contribution is -2.58. The maximum Gasteiger partial charge on any atom is 0.252 e. The number of methoxy groups -OCH3 is 1. The van der Waals surface area contributed by atoms with Crippen molar-refractivity contribution >= 4 is 24.2 Å². The van der Waals surface area contributed by atoms with Gasteiger partial charge in [0.05, 0.1) is 0 Å². The molecular formula is C15H28ClN3O3. The molecule has 0 aromatic heterocycles. The van der Waals surface area contributed by atoms with Gasteiger partial charge in [0.1, 0.15) is 11.6 Å². The van der Waals surface area contributed by atoms with Crippen molar-refractivity contribution in [3.8, 4) is 0 Å². The zero-order chi connectivity index (χ0) is 15.3. The molecule has 2 heterocycles. The van der Waals surface area contributed by atoms with Gasteiger partial charge in [0.2, 0.25) is 5.91 Å². The molecule has 2 N–H and O–H groups in total. The second-order valence-electron chi connectivity index (χ2n) is 6.03. The lowest BCUT2D eigenvalue weighted by molar-refractivity contribution is -0.150. The van der Waals surface area contributed by atoms with Crippen LogP contribution >= 0.6 is 12.4 Å². The van der Waals surface area contributed by atoms with Crippen LogP contribution in [-0.2, 0) is 14.3 Å². The highest BCUT2D eigenvalue weighted by Gasteiger charge is 2.41. The van der Waals surface area contributed by atoms with E-state index in [1.54, 1.807) is 14.0 Å². The first kappa shape index (κ1) is 19.2. The number of nitrogens with one attached hydrogen (secondary N) is 2. The van der Waals surface area contributed by atoms with Crippen molar-refractivity contribution in [3.05, 3.63) is 0 Å². The van der Waals surface area contributed by atoms with Crippen molar-refractivity contribution in [1.29, 1.82) is 0 Å². The van der Waals surface area contributed by atoms with Crippen LogP contribution < -0.4 is 10.6 Å². The number of piperidine rings is 2. The maximum atomic E-state index is 12.5. The van der Waals surface area contributed by atoms with E-state index in [4.69, 9.17) is 4.74 Å². The van der Waals surface area contributed by atoms with Gasteiger partial charge in [0, 0.05) is 20.2 Å². The van der Waals surface area contributed by atoms with Gasteiger partial charge in [-0.05, 0) is 52.1 Å². The molecule has 0 spiro atoms. The van der Waals surface area contributed by atoms with E-state index in [0.717, 1.165) is 39.0 Å². The molecule has 0 radical (unpaired) electrons. The molecule has 2 aliphatic heterocycles. The Labute approximate surface area is 138 Å². The molecule has 0 aromatic rings. The van der Waals surface area contributed by atoms with Crippen LogP contribution in [0.1, 0.15) is 39.0 Å². The predicted octanol–water partition coefficient (Wildman–Crippen LogP) is 0.694. The topological polar surface area (TPSA) is 70.7 Å². The number of halogens is 1. The van der Waals surface area contributed by atoms with Crippen LogP contribution in [0, 0.1) is 0 Å². The number of rotatable bonds is 4. The van der Waals surface area contributed by atoms with E-state index in [2.05, 4.69) is 10.6 Å². The van der Waals surface area contributed by atoms with Gasteiger partial charge < -0.3 is 20.3 Å². The molecule has 2 aliphatic rings. The van der Waals surface area contributed by atoms with Crippen LogP contribution in [-0.4, -0.2) is 61.6 Å². The Morgan fingerprint density at radius 1 is 1.18 bits per heavy atom. The molecule has 0 saturated carbocycles. The van der Waals surface area contributed by atoms with Crippen LogP contribution in [0.15, 0.2) is 0 Å². The summed E-state index contributed by atoms with van der Waals surface area (Å²) in [5.74, 6) is -0.146. The van der Waals surface area contributed by atoms with Crippen molar-refractivity contribution in [1.82, 2.24) is 15.5 Å². The van der Waals surface area contributed by atoms with Gasteiger partial charge in [0.25, 0.3) is 5.91 Å². The van der Waals surface area contributed by atoms with Crippen LogP contribution in [0.2, 0.25) is 0 Å². The molecule has 2 saturated heterocycles. The first-order valence-corrected chi connectivity index (χ1v) is 7.95. The van der Waals surface area contributed by atoms with E-state index < -0.39 is 11.6 Å². The normalized spacial score (nSPS) is 22.4. The fourth-order valence-corrected chi connectivity index (χ4v) is 3.13. The summed E-state index contributed by atoms with van der Waals surface area (Å²) < 4.78 is 5.49. The highest BCUT2D eigenvalue weighted by atomic mass is 35.5. The molecule has 7 heteroatoms. The number of carbonyl (C=O) groups excluding carboxylic acids is 2. The van der Waals surface area contributed by atoms with Crippen LogP contribution in [0.25, 0.3) is 0 Å².